The summed E-state index contributed by atoms with van der Waals surface area (Å²) in [6.45, 7) is 2.03. The molecular weight excluding hydrogens is 288 g/mol. The molecule has 23 heavy (non-hydrogen) atoms. The van der Waals surface area contributed by atoms with E-state index in [0.717, 1.165) is 41.6 Å². The first kappa shape index (κ1) is 13.9. The van der Waals surface area contributed by atoms with Crippen LogP contribution in [0.5, 0.6) is 0 Å². The Morgan fingerprint density at radius 1 is 1.00 bits per heavy atom. The lowest BCUT2D eigenvalue weighted by Crippen LogP contribution is -2.21. The number of rotatable bonds is 3. The first-order valence-electron chi connectivity index (χ1n) is 7.84. The molecule has 0 amide bonds. The van der Waals surface area contributed by atoms with Gasteiger partial charge in [0, 0.05) is 25.8 Å². The highest BCUT2D eigenvalue weighted by atomic mass is 15.3. The van der Waals surface area contributed by atoms with Crippen molar-refractivity contribution in [3.8, 4) is 0 Å². The Morgan fingerprint density at radius 3 is 2.57 bits per heavy atom. The SMILES string of the molecule is CN(c1ccccc1)c1ncnc2cnc(N3CCCC3)nc12. The first-order valence-corrected chi connectivity index (χ1v) is 7.84. The zero-order valence-corrected chi connectivity index (χ0v) is 13.1. The summed E-state index contributed by atoms with van der Waals surface area (Å²) in [5, 5.41) is 0. The topological polar surface area (TPSA) is 58.0 Å². The fraction of sp³-hybridized carbons (Fsp3) is 0.294. The number of fused-ring (bicyclic) bond motifs is 1. The first-order chi connectivity index (χ1) is 11.3. The molecule has 0 saturated carbocycles. The second kappa shape index (κ2) is 5.79. The number of para-hydroxylation sites is 1. The van der Waals surface area contributed by atoms with E-state index in [9.17, 15) is 0 Å². The van der Waals surface area contributed by atoms with Crippen molar-refractivity contribution >= 4 is 28.5 Å². The van der Waals surface area contributed by atoms with Gasteiger partial charge in [-0.1, -0.05) is 18.2 Å². The van der Waals surface area contributed by atoms with Crippen molar-refractivity contribution < 1.29 is 0 Å². The van der Waals surface area contributed by atoms with Crippen molar-refractivity contribution in [1.29, 1.82) is 0 Å². The second-order valence-corrected chi connectivity index (χ2v) is 5.69. The van der Waals surface area contributed by atoms with Crippen molar-refractivity contribution in [2.24, 2.45) is 0 Å². The van der Waals surface area contributed by atoms with E-state index in [1.54, 1.807) is 12.5 Å². The zero-order chi connectivity index (χ0) is 15.6. The van der Waals surface area contributed by atoms with Crippen molar-refractivity contribution in [3.63, 3.8) is 0 Å². The largest absolute Gasteiger partial charge is 0.341 e. The zero-order valence-electron chi connectivity index (χ0n) is 13.1. The van der Waals surface area contributed by atoms with Gasteiger partial charge in [0.1, 0.15) is 17.4 Å². The van der Waals surface area contributed by atoms with E-state index in [4.69, 9.17) is 4.98 Å². The van der Waals surface area contributed by atoms with Crippen LogP contribution in [0.25, 0.3) is 11.0 Å². The number of nitrogens with zero attached hydrogens (tertiary/aromatic N) is 6. The molecule has 1 fully saturated rings. The van der Waals surface area contributed by atoms with E-state index < -0.39 is 0 Å². The van der Waals surface area contributed by atoms with Crippen LogP contribution in [-0.4, -0.2) is 40.1 Å². The maximum absolute atomic E-state index is 4.75. The average Bonchev–Trinajstić information content (AvgIpc) is 3.15. The number of anilines is 3. The average molecular weight is 306 g/mol. The summed E-state index contributed by atoms with van der Waals surface area (Å²) in [7, 11) is 1.99. The lowest BCUT2D eigenvalue weighted by molar-refractivity contribution is 0.904. The Morgan fingerprint density at radius 2 is 1.78 bits per heavy atom. The quantitative estimate of drug-likeness (QED) is 0.741. The highest BCUT2D eigenvalue weighted by Crippen LogP contribution is 2.27. The van der Waals surface area contributed by atoms with Crippen LogP contribution in [0.4, 0.5) is 17.5 Å². The lowest BCUT2D eigenvalue weighted by Gasteiger charge is -2.20. The van der Waals surface area contributed by atoms with Gasteiger partial charge in [0.2, 0.25) is 5.95 Å². The molecule has 116 valence electrons. The summed E-state index contributed by atoms with van der Waals surface area (Å²) in [6, 6.07) is 10.1. The molecular formula is C17H18N6. The predicted molar refractivity (Wildman–Crippen MR) is 91.1 cm³/mol. The third kappa shape index (κ3) is 2.56. The minimum Gasteiger partial charge on any atom is -0.341 e. The minimum absolute atomic E-state index is 0.765. The van der Waals surface area contributed by atoms with Gasteiger partial charge in [-0.2, -0.15) is 0 Å². The van der Waals surface area contributed by atoms with Crippen LogP contribution in [0, 0.1) is 0 Å². The van der Waals surface area contributed by atoms with E-state index >= 15 is 0 Å². The number of hydrogen-bond donors (Lipinski definition) is 0. The predicted octanol–water partition coefficient (Wildman–Crippen LogP) is 2.79. The normalized spacial score (nSPS) is 14.4. The van der Waals surface area contributed by atoms with Crippen LogP contribution in [-0.2, 0) is 0 Å². The molecule has 0 radical (unpaired) electrons. The van der Waals surface area contributed by atoms with Crippen molar-refractivity contribution in [2.45, 2.75) is 12.8 Å². The van der Waals surface area contributed by atoms with Gasteiger partial charge in [-0.3, -0.25) is 0 Å². The van der Waals surface area contributed by atoms with Crippen LogP contribution < -0.4 is 9.80 Å². The van der Waals surface area contributed by atoms with Gasteiger partial charge < -0.3 is 9.80 Å². The molecule has 3 aromatic rings. The molecule has 1 aromatic carbocycles. The van der Waals surface area contributed by atoms with E-state index in [-0.39, 0.29) is 0 Å². The molecule has 0 atom stereocenters. The molecule has 2 aromatic heterocycles. The molecule has 1 aliphatic rings. The van der Waals surface area contributed by atoms with E-state index in [1.165, 1.54) is 12.8 Å². The maximum atomic E-state index is 4.75. The number of hydrogen-bond acceptors (Lipinski definition) is 6. The molecule has 0 spiro atoms. The van der Waals surface area contributed by atoms with Gasteiger partial charge in [-0.25, -0.2) is 19.9 Å². The number of aromatic nitrogens is 4. The Labute approximate surface area is 134 Å². The summed E-state index contributed by atoms with van der Waals surface area (Å²) in [5.41, 5.74) is 2.62. The molecule has 1 aliphatic heterocycles. The molecule has 6 heteroatoms. The van der Waals surface area contributed by atoms with E-state index in [2.05, 4.69) is 32.0 Å². The molecule has 0 aliphatic carbocycles. The molecule has 0 N–H and O–H groups in total. The smallest absolute Gasteiger partial charge is 0.226 e. The third-order valence-electron chi connectivity index (χ3n) is 4.20. The molecule has 4 rings (SSSR count). The molecule has 0 bridgehead atoms. The van der Waals surface area contributed by atoms with Gasteiger partial charge in [0.15, 0.2) is 5.82 Å². The molecule has 1 saturated heterocycles. The minimum atomic E-state index is 0.765. The standard InChI is InChI=1S/C17H18N6/c1-22(13-7-3-2-4-8-13)16-15-14(19-12-20-16)11-18-17(21-15)23-9-5-6-10-23/h2-4,7-8,11-12H,5-6,9-10H2,1H3. The van der Waals surface area contributed by atoms with Gasteiger partial charge in [-0.05, 0) is 25.0 Å². The van der Waals surface area contributed by atoms with Gasteiger partial charge >= 0.3 is 0 Å². The summed E-state index contributed by atoms with van der Waals surface area (Å²) in [4.78, 5) is 22.2. The molecule has 3 heterocycles. The Balaban J connectivity index is 1.80. The maximum Gasteiger partial charge on any atom is 0.226 e. The second-order valence-electron chi connectivity index (χ2n) is 5.69. The van der Waals surface area contributed by atoms with Gasteiger partial charge in [0.25, 0.3) is 0 Å². The van der Waals surface area contributed by atoms with Gasteiger partial charge in [0.05, 0.1) is 6.20 Å². The van der Waals surface area contributed by atoms with E-state index in [1.807, 2.05) is 30.1 Å². The van der Waals surface area contributed by atoms with Crippen LogP contribution >= 0.6 is 0 Å². The monoisotopic (exact) mass is 306 g/mol. The highest BCUT2D eigenvalue weighted by molar-refractivity contribution is 5.87. The lowest BCUT2D eigenvalue weighted by atomic mass is 10.3. The van der Waals surface area contributed by atoms with Crippen molar-refractivity contribution in [3.05, 3.63) is 42.9 Å². The van der Waals surface area contributed by atoms with Crippen LogP contribution in [0.15, 0.2) is 42.9 Å². The van der Waals surface area contributed by atoms with Crippen LogP contribution in [0.3, 0.4) is 0 Å². The van der Waals surface area contributed by atoms with Gasteiger partial charge in [-0.15, -0.1) is 0 Å². The fourth-order valence-corrected chi connectivity index (χ4v) is 2.92. The molecule has 0 unspecified atom stereocenters. The number of benzene rings is 1. The van der Waals surface area contributed by atoms with Crippen molar-refractivity contribution in [2.75, 3.05) is 29.9 Å². The summed E-state index contributed by atoms with van der Waals surface area (Å²) in [6.07, 6.45) is 5.75. The Kier molecular flexibility index (Phi) is 3.49. The Hall–Kier alpha value is -2.76. The highest BCUT2D eigenvalue weighted by Gasteiger charge is 2.18. The van der Waals surface area contributed by atoms with Crippen molar-refractivity contribution in [1.82, 2.24) is 19.9 Å². The summed E-state index contributed by atoms with van der Waals surface area (Å²) >= 11 is 0. The third-order valence-corrected chi connectivity index (χ3v) is 4.20. The molecule has 6 nitrogen and oxygen atoms in total. The van der Waals surface area contributed by atoms with E-state index in [0.29, 0.717) is 0 Å². The summed E-state index contributed by atoms with van der Waals surface area (Å²) < 4.78 is 0. The van der Waals surface area contributed by atoms with Crippen LogP contribution in [0.1, 0.15) is 12.8 Å². The Bertz CT molecular complexity index is 814. The van der Waals surface area contributed by atoms with Crippen LogP contribution in [0.2, 0.25) is 0 Å². The summed E-state index contributed by atoms with van der Waals surface area (Å²) in [5.74, 6) is 1.57. The fourth-order valence-electron chi connectivity index (χ4n) is 2.92.